The zero-order valence-electron chi connectivity index (χ0n) is 11.5. The van der Waals surface area contributed by atoms with E-state index in [9.17, 15) is 4.79 Å². The van der Waals surface area contributed by atoms with E-state index in [1.807, 2.05) is 4.90 Å². The van der Waals surface area contributed by atoms with E-state index < -0.39 is 0 Å². The van der Waals surface area contributed by atoms with Crippen molar-refractivity contribution in [2.24, 2.45) is 5.92 Å². The number of amides is 1. The second kappa shape index (κ2) is 6.97. The van der Waals surface area contributed by atoms with Gasteiger partial charge < -0.3 is 15.0 Å². The molecule has 1 aliphatic rings. The summed E-state index contributed by atoms with van der Waals surface area (Å²) in [6, 6.07) is 0.737. The predicted molar refractivity (Wildman–Crippen MR) is 68.9 cm³/mol. The molecule has 0 bridgehead atoms. The smallest absolute Gasteiger partial charge is 0.225 e. The molecule has 100 valence electrons. The third-order valence-electron chi connectivity index (χ3n) is 3.20. The van der Waals surface area contributed by atoms with Crippen molar-refractivity contribution in [1.82, 2.24) is 10.2 Å². The van der Waals surface area contributed by atoms with E-state index in [0.717, 1.165) is 19.5 Å². The molecule has 1 N–H and O–H groups in total. The van der Waals surface area contributed by atoms with Crippen molar-refractivity contribution in [3.8, 4) is 0 Å². The molecule has 4 nitrogen and oxygen atoms in total. The van der Waals surface area contributed by atoms with E-state index in [4.69, 9.17) is 4.74 Å². The molecule has 1 amide bonds. The van der Waals surface area contributed by atoms with Gasteiger partial charge in [-0.25, -0.2) is 0 Å². The fourth-order valence-corrected chi connectivity index (χ4v) is 2.35. The fourth-order valence-electron chi connectivity index (χ4n) is 2.35. The molecule has 17 heavy (non-hydrogen) atoms. The summed E-state index contributed by atoms with van der Waals surface area (Å²) in [6.45, 7) is 8.79. The van der Waals surface area contributed by atoms with Crippen molar-refractivity contribution in [2.75, 3.05) is 26.8 Å². The molecule has 1 aliphatic heterocycles. The van der Waals surface area contributed by atoms with Gasteiger partial charge in [0.25, 0.3) is 0 Å². The van der Waals surface area contributed by atoms with E-state index in [2.05, 4.69) is 26.1 Å². The molecular formula is C13H26N2O2. The lowest BCUT2D eigenvalue weighted by molar-refractivity contribution is -0.136. The van der Waals surface area contributed by atoms with Crippen LogP contribution in [0.25, 0.3) is 0 Å². The Bertz CT molecular complexity index is 244. The highest BCUT2D eigenvalue weighted by atomic mass is 16.5. The standard InChI is InChI=1S/C13H26N2O2/c1-10(2)7-12-8-14-11(3)9-15(12)13(16)5-6-17-4/h10-12,14H,5-9H2,1-4H3. The number of nitrogens with zero attached hydrogens (tertiary/aromatic N) is 1. The molecule has 0 aliphatic carbocycles. The average molecular weight is 242 g/mol. The first kappa shape index (κ1) is 14.5. The van der Waals surface area contributed by atoms with Gasteiger partial charge in [-0.3, -0.25) is 4.79 Å². The van der Waals surface area contributed by atoms with Crippen molar-refractivity contribution in [3.05, 3.63) is 0 Å². The Morgan fingerprint density at radius 2 is 2.24 bits per heavy atom. The van der Waals surface area contributed by atoms with Gasteiger partial charge in [0, 0.05) is 32.3 Å². The van der Waals surface area contributed by atoms with Crippen LogP contribution in [0.3, 0.4) is 0 Å². The lowest BCUT2D eigenvalue weighted by Gasteiger charge is -2.40. The van der Waals surface area contributed by atoms with Crippen LogP contribution in [0.15, 0.2) is 0 Å². The lowest BCUT2D eigenvalue weighted by Crippen LogP contribution is -2.57. The Morgan fingerprint density at radius 1 is 1.53 bits per heavy atom. The van der Waals surface area contributed by atoms with Crippen LogP contribution in [0, 0.1) is 5.92 Å². The van der Waals surface area contributed by atoms with Crippen molar-refractivity contribution in [2.45, 2.75) is 45.7 Å². The minimum Gasteiger partial charge on any atom is -0.384 e. The molecule has 4 heteroatoms. The Kier molecular flexibility index (Phi) is 5.92. The van der Waals surface area contributed by atoms with Crippen LogP contribution >= 0.6 is 0 Å². The zero-order valence-corrected chi connectivity index (χ0v) is 11.5. The highest BCUT2D eigenvalue weighted by Crippen LogP contribution is 2.16. The summed E-state index contributed by atoms with van der Waals surface area (Å²) in [5, 5.41) is 3.45. The van der Waals surface area contributed by atoms with E-state index in [1.165, 1.54) is 0 Å². The molecule has 0 radical (unpaired) electrons. The second-order valence-electron chi connectivity index (χ2n) is 5.38. The molecule has 1 rings (SSSR count). The van der Waals surface area contributed by atoms with Crippen LogP contribution in [0.4, 0.5) is 0 Å². The highest BCUT2D eigenvalue weighted by Gasteiger charge is 2.29. The largest absolute Gasteiger partial charge is 0.384 e. The van der Waals surface area contributed by atoms with E-state index in [1.54, 1.807) is 7.11 Å². The number of methoxy groups -OCH3 is 1. The molecular weight excluding hydrogens is 216 g/mol. The van der Waals surface area contributed by atoms with Gasteiger partial charge >= 0.3 is 0 Å². The third kappa shape index (κ3) is 4.64. The SMILES string of the molecule is COCCC(=O)N1CC(C)NCC1CC(C)C. The Labute approximate surface area is 105 Å². The monoisotopic (exact) mass is 242 g/mol. The molecule has 1 heterocycles. The molecule has 0 spiro atoms. The van der Waals surface area contributed by atoms with Gasteiger partial charge in [0.1, 0.15) is 0 Å². The number of carbonyl (C=O) groups excluding carboxylic acids is 1. The Morgan fingerprint density at radius 3 is 2.82 bits per heavy atom. The Balaban J connectivity index is 2.57. The number of hydrogen-bond donors (Lipinski definition) is 1. The number of carbonyl (C=O) groups is 1. The summed E-state index contributed by atoms with van der Waals surface area (Å²) >= 11 is 0. The zero-order chi connectivity index (χ0) is 12.8. The fraction of sp³-hybridized carbons (Fsp3) is 0.923. The maximum absolute atomic E-state index is 12.1. The van der Waals surface area contributed by atoms with Crippen LogP contribution in [-0.2, 0) is 9.53 Å². The quantitative estimate of drug-likeness (QED) is 0.789. The van der Waals surface area contributed by atoms with Gasteiger partial charge in [0.15, 0.2) is 0 Å². The molecule has 2 unspecified atom stereocenters. The molecule has 2 atom stereocenters. The summed E-state index contributed by atoms with van der Waals surface area (Å²) < 4.78 is 4.98. The Hall–Kier alpha value is -0.610. The predicted octanol–water partition coefficient (Wildman–Crippen LogP) is 1.26. The molecule has 0 aromatic heterocycles. The first-order chi connectivity index (χ1) is 8.04. The van der Waals surface area contributed by atoms with Gasteiger partial charge in [0.05, 0.1) is 13.0 Å². The second-order valence-corrected chi connectivity index (χ2v) is 5.38. The summed E-state index contributed by atoms with van der Waals surface area (Å²) in [5.41, 5.74) is 0. The van der Waals surface area contributed by atoms with Gasteiger partial charge in [-0.1, -0.05) is 13.8 Å². The van der Waals surface area contributed by atoms with Crippen molar-refractivity contribution >= 4 is 5.91 Å². The molecule has 0 aromatic rings. The first-order valence-corrected chi connectivity index (χ1v) is 6.56. The number of ether oxygens (including phenoxy) is 1. The van der Waals surface area contributed by atoms with Gasteiger partial charge in [-0.05, 0) is 19.3 Å². The topological polar surface area (TPSA) is 41.6 Å². The lowest BCUT2D eigenvalue weighted by atomic mass is 9.99. The number of hydrogen-bond acceptors (Lipinski definition) is 3. The average Bonchev–Trinajstić information content (AvgIpc) is 2.27. The number of rotatable bonds is 5. The molecule has 1 fully saturated rings. The minimum absolute atomic E-state index is 0.228. The maximum atomic E-state index is 12.1. The normalized spacial score (nSPS) is 25.4. The summed E-state index contributed by atoms with van der Waals surface area (Å²) in [7, 11) is 1.64. The maximum Gasteiger partial charge on any atom is 0.225 e. The highest BCUT2D eigenvalue weighted by molar-refractivity contribution is 5.76. The van der Waals surface area contributed by atoms with Crippen molar-refractivity contribution < 1.29 is 9.53 Å². The molecule has 0 aromatic carbocycles. The van der Waals surface area contributed by atoms with Crippen LogP contribution in [0.5, 0.6) is 0 Å². The summed E-state index contributed by atoms with van der Waals surface area (Å²) in [5.74, 6) is 0.846. The third-order valence-corrected chi connectivity index (χ3v) is 3.20. The van der Waals surface area contributed by atoms with E-state index >= 15 is 0 Å². The van der Waals surface area contributed by atoms with E-state index in [-0.39, 0.29) is 5.91 Å². The van der Waals surface area contributed by atoms with Crippen molar-refractivity contribution in [3.63, 3.8) is 0 Å². The number of nitrogens with one attached hydrogen (secondary N) is 1. The minimum atomic E-state index is 0.228. The summed E-state index contributed by atoms with van der Waals surface area (Å²) in [4.78, 5) is 14.2. The first-order valence-electron chi connectivity index (χ1n) is 6.56. The molecule has 0 saturated carbocycles. The van der Waals surface area contributed by atoms with Crippen LogP contribution in [0.1, 0.15) is 33.6 Å². The van der Waals surface area contributed by atoms with Gasteiger partial charge in [-0.15, -0.1) is 0 Å². The van der Waals surface area contributed by atoms with Crippen LogP contribution < -0.4 is 5.32 Å². The van der Waals surface area contributed by atoms with Crippen LogP contribution in [0.2, 0.25) is 0 Å². The van der Waals surface area contributed by atoms with E-state index in [0.29, 0.717) is 31.0 Å². The molecule has 1 saturated heterocycles. The van der Waals surface area contributed by atoms with Crippen LogP contribution in [-0.4, -0.2) is 49.7 Å². The summed E-state index contributed by atoms with van der Waals surface area (Å²) in [6.07, 6.45) is 1.57. The van der Waals surface area contributed by atoms with Crippen molar-refractivity contribution in [1.29, 1.82) is 0 Å². The van der Waals surface area contributed by atoms with Gasteiger partial charge in [-0.2, -0.15) is 0 Å². The number of piperazine rings is 1. The van der Waals surface area contributed by atoms with Gasteiger partial charge in [0.2, 0.25) is 5.91 Å².